The molecule has 0 fully saturated rings. The number of aromatic amines is 1. The van der Waals surface area contributed by atoms with Crippen molar-refractivity contribution in [1.29, 1.82) is 0 Å². The van der Waals surface area contributed by atoms with Gasteiger partial charge in [-0.3, -0.25) is 4.57 Å². The van der Waals surface area contributed by atoms with Crippen molar-refractivity contribution in [2.24, 2.45) is 0 Å². The van der Waals surface area contributed by atoms with Crippen molar-refractivity contribution in [1.82, 2.24) is 19.5 Å². The number of nitrogens with one attached hydrogen (secondary N) is 1. The first-order chi connectivity index (χ1) is 9.54. The van der Waals surface area contributed by atoms with Crippen molar-refractivity contribution in [2.75, 3.05) is 11.5 Å². The molecule has 0 aliphatic heterocycles. The van der Waals surface area contributed by atoms with Gasteiger partial charge in [-0.1, -0.05) is 12.1 Å². The normalized spacial score (nSPS) is 11.1. The molecule has 0 atom stereocenters. The van der Waals surface area contributed by atoms with Crippen molar-refractivity contribution in [3.05, 3.63) is 46.1 Å². The molecule has 2 aromatic heterocycles. The van der Waals surface area contributed by atoms with E-state index < -0.39 is 0 Å². The highest BCUT2D eigenvalue weighted by Crippen LogP contribution is 2.15. The lowest BCUT2D eigenvalue weighted by molar-refractivity contribution is 0.775. The lowest BCUT2D eigenvalue weighted by atomic mass is 10.2. The minimum absolute atomic E-state index is 0.261. The summed E-state index contributed by atoms with van der Waals surface area (Å²) in [6.45, 7) is 2.13. The van der Waals surface area contributed by atoms with E-state index in [-0.39, 0.29) is 11.5 Å². The van der Waals surface area contributed by atoms with Crippen molar-refractivity contribution < 1.29 is 0 Å². The Morgan fingerprint density at radius 3 is 2.60 bits per heavy atom. The van der Waals surface area contributed by atoms with Crippen LogP contribution < -0.4 is 17.2 Å². The number of rotatable bonds is 2. The van der Waals surface area contributed by atoms with Gasteiger partial charge in [-0.15, -0.1) is 0 Å². The van der Waals surface area contributed by atoms with Gasteiger partial charge in [0.2, 0.25) is 0 Å². The van der Waals surface area contributed by atoms with Crippen molar-refractivity contribution in [3.8, 4) is 0 Å². The Labute approximate surface area is 114 Å². The number of aromatic nitrogens is 4. The number of nitrogen functional groups attached to an aromatic ring is 2. The van der Waals surface area contributed by atoms with Gasteiger partial charge in [0.1, 0.15) is 11.3 Å². The number of anilines is 2. The molecule has 3 aromatic rings. The molecule has 7 heteroatoms. The van der Waals surface area contributed by atoms with Crippen LogP contribution in [0.2, 0.25) is 0 Å². The lowest BCUT2D eigenvalue weighted by Gasteiger charge is -2.04. The fourth-order valence-corrected chi connectivity index (χ4v) is 2.12. The highest BCUT2D eigenvalue weighted by atomic mass is 16.1. The smallest absolute Gasteiger partial charge is 0.328 e. The molecule has 0 saturated heterocycles. The fourth-order valence-electron chi connectivity index (χ4n) is 2.12. The van der Waals surface area contributed by atoms with Crippen LogP contribution in [-0.2, 0) is 6.54 Å². The summed E-state index contributed by atoms with van der Waals surface area (Å²) < 4.78 is 1.53. The Bertz CT molecular complexity index is 830. The number of nitrogens with zero attached hydrogens (tertiary/aromatic N) is 3. The van der Waals surface area contributed by atoms with Gasteiger partial charge in [-0.05, 0) is 24.6 Å². The second kappa shape index (κ2) is 4.37. The summed E-state index contributed by atoms with van der Waals surface area (Å²) in [5.41, 5.74) is 13.8. The Balaban J connectivity index is 2.13. The Hall–Kier alpha value is -2.83. The SMILES string of the molecule is Cc1nc(N)c2[nH]c(=O)n(Cc3ccc(N)cc3)c2n1. The number of aryl methyl sites for hydroxylation is 1. The minimum Gasteiger partial charge on any atom is -0.399 e. The zero-order chi connectivity index (χ0) is 14.3. The van der Waals surface area contributed by atoms with E-state index in [0.717, 1.165) is 5.56 Å². The van der Waals surface area contributed by atoms with Gasteiger partial charge in [0.05, 0.1) is 6.54 Å². The highest BCUT2D eigenvalue weighted by Gasteiger charge is 2.12. The molecular weight excluding hydrogens is 256 g/mol. The summed E-state index contributed by atoms with van der Waals surface area (Å²) in [6, 6.07) is 7.34. The molecular formula is C13H14N6O. The maximum atomic E-state index is 12.0. The molecule has 1 aromatic carbocycles. The Morgan fingerprint density at radius 1 is 1.20 bits per heavy atom. The lowest BCUT2D eigenvalue weighted by Crippen LogP contribution is -2.17. The first-order valence-corrected chi connectivity index (χ1v) is 6.11. The molecule has 0 amide bonds. The molecule has 0 aliphatic rings. The molecule has 0 radical (unpaired) electrons. The quantitative estimate of drug-likeness (QED) is 0.591. The molecule has 5 N–H and O–H groups in total. The number of benzene rings is 1. The van der Waals surface area contributed by atoms with Crippen LogP contribution in [-0.4, -0.2) is 19.5 Å². The molecule has 0 aliphatic carbocycles. The van der Waals surface area contributed by atoms with Crippen LogP contribution in [0.15, 0.2) is 29.1 Å². The maximum Gasteiger partial charge on any atom is 0.328 e. The van der Waals surface area contributed by atoms with E-state index in [4.69, 9.17) is 11.5 Å². The van der Waals surface area contributed by atoms with E-state index in [1.807, 2.05) is 12.1 Å². The molecule has 0 bridgehead atoms. The predicted molar refractivity (Wildman–Crippen MR) is 77.3 cm³/mol. The van der Waals surface area contributed by atoms with E-state index in [2.05, 4.69) is 15.0 Å². The van der Waals surface area contributed by atoms with Gasteiger partial charge < -0.3 is 16.5 Å². The zero-order valence-electron chi connectivity index (χ0n) is 10.9. The van der Waals surface area contributed by atoms with Crippen LogP contribution in [0.5, 0.6) is 0 Å². The molecule has 102 valence electrons. The summed E-state index contributed by atoms with van der Waals surface area (Å²) in [7, 11) is 0. The molecule has 2 heterocycles. The highest BCUT2D eigenvalue weighted by molar-refractivity contribution is 5.81. The molecule has 3 rings (SSSR count). The average molecular weight is 270 g/mol. The molecule has 20 heavy (non-hydrogen) atoms. The monoisotopic (exact) mass is 270 g/mol. The summed E-state index contributed by atoms with van der Waals surface area (Å²) in [5.74, 6) is 0.806. The van der Waals surface area contributed by atoms with Crippen molar-refractivity contribution in [3.63, 3.8) is 0 Å². The molecule has 0 saturated carbocycles. The van der Waals surface area contributed by atoms with Crippen LogP contribution in [0.25, 0.3) is 11.2 Å². The van der Waals surface area contributed by atoms with Gasteiger partial charge >= 0.3 is 5.69 Å². The zero-order valence-corrected chi connectivity index (χ0v) is 10.9. The molecule has 0 unspecified atom stereocenters. The van der Waals surface area contributed by atoms with Gasteiger partial charge in [0.25, 0.3) is 0 Å². The van der Waals surface area contributed by atoms with Crippen LogP contribution in [0.3, 0.4) is 0 Å². The standard InChI is InChI=1S/C13H14N6O/c1-7-16-11(15)10-12(17-7)19(13(20)18-10)6-8-2-4-9(14)5-3-8/h2-5H,6,14H2,1H3,(H,18,20)(H2,15,16,17). The topological polar surface area (TPSA) is 116 Å². The number of hydrogen-bond acceptors (Lipinski definition) is 5. The van der Waals surface area contributed by atoms with Gasteiger partial charge in [0, 0.05) is 5.69 Å². The van der Waals surface area contributed by atoms with Crippen molar-refractivity contribution in [2.45, 2.75) is 13.5 Å². The second-order valence-electron chi connectivity index (χ2n) is 4.61. The van der Waals surface area contributed by atoms with E-state index in [1.54, 1.807) is 19.1 Å². The average Bonchev–Trinajstić information content (AvgIpc) is 2.70. The van der Waals surface area contributed by atoms with Crippen LogP contribution in [0.4, 0.5) is 11.5 Å². The maximum absolute atomic E-state index is 12.0. The number of fused-ring (bicyclic) bond motifs is 1. The first-order valence-electron chi connectivity index (χ1n) is 6.11. The van der Waals surface area contributed by atoms with Gasteiger partial charge in [-0.25, -0.2) is 14.8 Å². The van der Waals surface area contributed by atoms with E-state index >= 15 is 0 Å². The predicted octanol–water partition coefficient (Wildman–Crippen LogP) is 0.641. The fraction of sp³-hybridized carbons (Fsp3) is 0.154. The minimum atomic E-state index is -0.261. The van der Waals surface area contributed by atoms with E-state index in [1.165, 1.54) is 4.57 Å². The third-order valence-electron chi connectivity index (χ3n) is 3.08. The molecule has 0 spiro atoms. The second-order valence-corrected chi connectivity index (χ2v) is 4.61. The van der Waals surface area contributed by atoms with Gasteiger partial charge in [-0.2, -0.15) is 0 Å². The first kappa shape index (κ1) is 12.2. The molecule has 7 nitrogen and oxygen atoms in total. The van der Waals surface area contributed by atoms with Crippen molar-refractivity contribution >= 4 is 22.7 Å². The van der Waals surface area contributed by atoms with Gasteiger partial charge in [0.15, 0.2) is 11.5 Å². The number of H-pyrrole nitrogens is 1. The summed E-state index contributed by atoms with van der Waals surface area (Å²) in [4.78, 5) is 23.0. The van der Waals surface area contributed by atoms with Crippen LogP contribution >= 0.6 is 0 Å². The summed E-state index contributed by atoms with van der Waals surface area (Å²) >= 11 is 0. The Morgan fingerprint density at radius 2 is 1.90 bits per heavy atom. The third-order valence-corrected chi connectivity index (χ3v) is 3.08. The third kappa shape index (κ3) is 1.99. The number of nitrogens with two attached hydrogens (primary N) is 2. The largest absolute Gasteiger partial charge is 0.399 e. The summed E-state index contributed by atoms with van der Waals surface area (Å²) in [5, 5.41) is 0. The Kier molecular flexibility index (Phi) is 2.67. The summed E-state index contributed by atoms with van der Waals surface area (Å²) in [6.07, 6.45) is 0. The van der Waals surface area contributed by atoms with Crippen LogP contribution in [0, 0.1) is 6.92 Å². The number of imidazole rings is 1. The van der Waals surface area contributed by atoms with Crippen LogP contribution in [0.1, 0.15) is 11.4 Å². The van der Waals surface area contributed by atoms with E-state index in [9.17, 15) is 4.79 Å². The number of hydrogen-bond donors (Lipinski definition) is 3. The van der Waals surface area contributed by atoms with E-state index in [0.29, 0.717) is 29.2 Å².